The number of thioether (sulfide) groups is 1. The molecule has 6 heteroatoms. The molecule has 2 N–H and O–H groups in total. The summed E-state index contributed by atoms with van der Waals surface area (Å²) in [5.74, 6) is 6.99. The average Bonchev–Trinajstić information content (AvgIpc) is 3.22. The minimum Gasteiger partial charge on any atom is -0.337 e. The van der Waals surface area contributed by atoms with E-state index in [4.69, 9.17) is 5.84 Å². The van der Waals surface area contributed by atoms with Gasteiger partial charge in [-0.2, -0.15) is 0 Å². The van der Waals surface area contributed by atoms with Crippen molar-refractivity contribution >= 4 is 28.9 Å². The van der Waals surface area contributed by atoms with Gasteiger partial charge >= 0.3 is 0 Å². The van der Waals surface area contributed by atoms with Crippen molar-refractivity contribution in [2.45, 2.75) is 18.0 Å². The Hall–Kier alpha value is -2.05. The van der Waals surface area contributed by atoms with Crippen LogP contribution in [0.2, 0.25) is 0 Å². The number of aromatic nitrogens is 2. The Morgan fingerprint density at radius 2 is 2.04 bits per heavy atom. The summed E-state index contributed by atoms with van der Waals surface area (Å²) in [5.41, 5.74) is 1.91. The predicted octanol–water partition coefficient (Wildman–Crippen LogP) is 4.08. The summed E-state index contributed by atoms with van der Waals surface area (Å²) in [4.78, 5) is 17.3. The Bertz CT molecular complexity index is 767. The van der Waals surface area contributed by atoms with Crippen LogP contribution in [0.25, 0.3) is 11.3 Å². The Morgan fingerprint density at radius 3 is 2.78 bits per heavy atom. The van der Waals surface area contributed by atoms with Gasteiger partial charge in [0, 0.05) is 17.7 Å². The molecule has 0 atom stereocenters. The summed E-state index contributed by atoms with van der Waals surface area (Å²) in [6.07, 6.45) is 3.20. The van der Waals surface area contributed by atoms with Crippen LogP contribution >= 0.6 is 23.1 Å². The molecule has 0 aliphatic carbocycles. The topological polar surface area (TPSA) is 60.9 Å². The van der Waals surface area contributed by atoms with Crippen molar-refractivity contribution in [3.05, 3.63) is 58.9 Å². The zero-order chi connectivity index (χ0) is 16.1. The molecule has 0 fully saturated rings. The maximum atomic E-state index is 11.9. The van der Waals surface area contributed by atoms with E-state index >= 15 is 0 Å². The van der Waals surface area contributed by atoms with E-state index in [1.165, 1.54) is 11.3 Å². The molecule has 0 aliphatic heterocycles. The molecule has 2 heterocycles. The molecule has 0 spiro atoms. The molecule has 0 radical (unpaired) electrons. The highest BCUT2D eigenvalue weighted by atomic mass is 32.2. The maximum absolute atomic E-state index is 11.9. The summed E-state index contributed by atoms with van der Waals surface area (Å²) >= 11 is 3.08. The first-order valence-electron chi connectivity index (χ1n) is 7.33. The highest BCUT2D eigenvalue weighted by Crippen LogP contribution is 2.23. The van der Waals surface area contributed by atoms with E-state index in [0.717, 1.165) is 33.5 Å². The molecule has 2 aromatic heterocycles. The number of ketones is 1. The maximum Gasteiger partial charge on any atom is 0.187 e. The van der Waals surface area contributed by atoms with Crippen molar-refractivity contribution < 1.29 is 4.79 Å². The van der Waals surface area contributed by atoms with Crippen LogP contribution in [0.15, 0.2) is 59.2 Å². The van der Waals surface area contributed by atoms with Gasteiger partial charge in [-0.05, 0) is 17.9 Å². The summed E-state index contributed by atoms with van der Waals surface area (Å²) in [6.45, 7) is 0. The number of benzene rings is 1. The number of imidazole rings is 1. The standard InChI is InChI=1S/C17H17N3OS2/c18-20-12-14(13-6-2-1-3-7-13)19-17(20)23-11-4-8-15(21)16-9-5-10-22-16/h1-3,5-7,9-10,12H,4,8,11,18H2. The largest absolute Gasteiger partial charge is 0.337 e. The minimum absolute atomic E-state index is 0.210. The molecular formula is C17H17N3OS2. The molecule has 0 saturated heterocycles. The number of carbonyl (C=O) groups excluding carboxylic acids is 1. The van der Waals surface area contributed by atoms with Crippen LogP contribution in [0.3, 0.4) is 0 Å². The normalized spacial score (nSPS) is 10.8. The summed E-state index contributed by atoms with van der Waals surface area (Å²) in [5, 5.41) is 2.70. The molecule has 118 valence electrons. The van der Waals surface area contributed by atoms with Crippen LogP contribution in [0.5, 0.6) is 0 Å². The van der Waals surface area contributed by atoms with Crippen molar-refractivity contribution in [3.63, 3.8) is 0 Å². The molecule has 3 aromatic rings. The van der Waals surface area contributed by atoms with Crippen LogP contribution in [-0.2, 0) is 0 Å². The van der Waals surface area contributed by atoms with Crippen molar-refractivity contribution in [1.82, 2.24) is 9.66 Å². The van der Waals surface area contributed by atoms with Gasteiger partial charge in [0.15, 0.2) is 10.9 Å². The Morgan fingerprint density at radius 1 is 1.22 bits per heavy atom. The van der Waals surface area contributed by atoms with Crippen LogP contribution < -0.4 is 5.84 Å². The molecule has 0 unspecified atom stereocenters. The molecule has 3 rings (SSSR count). The van der Waals surface area contributed by atoms with Gasteiger partial charge in [-0.3, -0.25) is 4.79 Å². The fourth-order valence-electron chi connectivity index (χ4n) is 2.19. The number of nitrogens with two attached hydrogens (primary N) is 1. The first-order valence-corrected chi connectivity index (χ1v) is 9.20. The molecular weight excluding hydrogens is 326 g/mol. The lowest BCUT2D eigenvalue weighted by Gasteiger charge is -2.00. The van der Waals surface area contributed by atoms with Crippen LogP contribution in [0.1, 0.15) is 22.5 Å². The lowest BCUT2D eigenvalue weighted by atomic mass is 10.2. The Kier molecular flexibility index (Phi) is 5.15. The smallest absolute Gasteiger partial charge is 0.187 e. The fraction of sp³-hybridized carbons (Fsp3) is 0.176. The third-order valence-electron chi connectivity index (χ3n) is 3.34. The summed E-state index contributed by atoms with van der Waals surface area (Å²) < 4.78 is 1.55. The van der Waals surface area contributed by atoms with Crippen LogP contribution in [0.4, 0.5) is 0 Å². The van der Waals surface area contributed by atoms with Gasteiger partial charge in [0.1, 0.15) is 0 Å². The molecule has 0 aliphatic rings. The molecule has 0 bridgehead atoms. The first-order chi connectivity index (χ1) is 11.2. The number of carbonyl (C=O) groups is 1. The number of hydrogen-bond donors (Lipinski definition) is 1. The molecule has 0 saturated carbocycles. The van der Waals surface area contributed by atoms with Crippen molar-refractivity contribution in [2.24, 2.45) is 0 Å². The highest BCUT2D eigenvalue weighted by Gasteiger charge is 2.10. The van der Waals surface area contributed by atoms with Crippen molar-refractivity contribution in [3.8, 4) is 11.3 Å². The SMILES string of the molecule is Nn1cc(-c2ccccc2)nc1SCCCC(=O)c1cccs1. The van der Waals surface area contributed by atoms with E-state index in [1.807, 2.05) is 54.0 Å². The van der Waals surface area contributed by atoms with E-state index in [1.54, 1.807) is 16.4 Å². The van der Waals surface area contributed by atoms with E-state index in [0.29, 0.717) is 6.42 Å². The lowest BCUT2D eigenvalue weighted by Crippen LogP contribution is -2.08. The lowest BCUT2D eigenvalue weighted by molar-refractivity contribution is 0.0986. The number of hydrogen-bond acceptors (Lipinski definition) is 5. The molecule has 1 aromatic carbocycles. The van der Waals surface area contributed by atoms with Gasteiger partial charge in [0.25, 0.3) is 0 Å². The van der Waals surface area contributed by atoms with E-state index in [-0.39, 0.29) is 5.78 Å². The summed E-state index contributed by atoms with van der Waals surface area (Å²) in [7, 11) is 0. The van der Waals surface area contributed by atoms with Crippen molar-refractivity contribution in [1.29, 1.82) is 0 Å². The van der Waals surface area contributed by atoms with Gasteiger partial charge in [-0.15, -0.1) is 11.3 Å². The first kappa shape index (κ1) is 15.8. The molecule has 23 heavy (non-hydrogen) atoms. The number of thiophene rings is 1. The Labute approximate surface area is 143 Å². The predicted molar refractivity (Wildman–Crippen MR) is 96.4 cm³/mol. The fourth-order valence-corrected chi connectivity index (χ4v) is 3.72. The van der Waals surface area contributed by atoms with Gasteiger partial charge in [-0.1, -0.05) is 48.2 Å². The quantitative estimate of drug-likeness (QED) is 0.304. The third kappa shape index (κ3) is 4.03. The average molecular weight is 343 g/mol. The third-order valence-corrected chi connectivity index (χ3v) is 5.31. The number of nitrogens with zero attached hydrogens (tertiary/aromatic N) is 2. The van der Waals surface area contributed by atoms with E-state index in [9.17, 15) is 4.79 Å². The van der Waals surface area contributed by atoms with Crippen LogP contribution in [-0.4, -0.2) is 21.2 Å². The monoisotopic (exact) mass is 343 g/mol. The Balaban J connectivity index is 1.53. The van der Waals surface area contributed by atoms with Gasteiger partial charge in [0.05, 0.1) is 16.8 Å². The second-order valence-corrected chi connectivity index (χ2v) is 7.04. The number of Topliss-reactive ketones (excluding diaryl/α,β-unsaturated/α-hetero) is 1. The van der Waals surface area contributed by atoms with Gasteiger partial charge in [0.2, 0.25) is 0 Å². The molecule has 0 amide bonds. The number of nitrogen functional groups attached to an aromatic ring is 1. The van der Waals surface area contributed by atoms with Gasteiger partial charge in [-0.25, -0.2) is 9.66 Å². The van der Waals surface area contributed by atoms with Crippen LogP contribution in [0, 0.1) is 0 Å². The molecule has 4 nitrogen and oxygen atoms in total. The zero-order valence-electron chi connectivity index (χ0n) is 12.5. The summed E-state index contributed by atoms with van der Waals surface area (Å²) in [6, 6.07) is 13.7. The number of rotatable bonds is 7. The zero-order valence-corrected chi connectivity index (χ0v) is 14.1. The van der Waals surface area contributed by atoms with Crippen molar-refractivity contribution in [2.75, 3.05) is 11.6 Å². The highest BCUT2D eigenvalue weighted by molar-refractivity contribution is 7.99. The van der Waals surface area contributed by atoms with E-state index < -0.39 is 0 Å². The van der Waals surface area contributed by atoms with E-state index in [2.05, 4.69) is 4.98 Å². The minimum atomic E-state index is 0.210. The van der Waals surface area contributed by atoms with Gasteiger partial charge < -0.3 is 5.84 Å². The second-order valence-electron chi connectivity index (χ2n) is 5.03. The second kappa shape index (κ2) is 7.48.